The lowest BCUT2D eigenvalue weighted by Crippen LogP contribution is -1.99. The van der Waals surface area contributed by atoms with E-state index in [0.717, 1.165) is 49.9 Å². The van der Waals surface area contributed by atoms with E-state index in [1.165, 1.54) is 6.08 Å². The third-order valence-corrected chi connectivity index (χ3v) is 6.31. The van der Waals surface area contributed by atoms with E-state index in [1.54, 1.807) is 24.3 Å². The number of hydrogen-bond donors (Lipinski definition) is 0. The minimum absolute atomic E-state index is 0.00857. The average molecular weight is 534 g/mol. The zero-order valence-corrected chi connectivity index (χ0v) is 20.7. The molecule has 0 fully saturated rings. The van der Waals surface area contributed by atoms with Gasteiger partial charge in [-0.05, 0) is 35.8 Å². The first kappa shape index (κ1) is 26.9. The third kappa shape index (κ3) is 5.42. The number of fused-ring (bicyclic) bond motifs is 3. The molecule has 0 bridgehead atoms. The number of benzene rings is 3. The van der Waals surface area contributed by atoms with E-state index in [0.29, 0.717) is 17.9 Å². The van der Waals surface area contributed by atoms with E-state index in [9.17, 15) is 40.5 Å². The average Bonchev–Trinajstić information content (AvgIpc) is 3.21. The maximum absolute atomic E-state index is 11.9. The molecule has 0 saturated carbocycles. The lowest BCUT2D eigenvalue weighted by Gasteiger charge is -2.07. The van der Waals surface area contributed by atoms with Crippen LogP contribution in [0.5, 0.6) is 5.75 Å². The summed E-state index contributed by atoms with van der Waals surface area (Å²) in [6.07, 6.45) is 5.70. The zero-order chi connectivity index (χ0) is 28.3. The fraction of sp³-hybridized carbons (Fsp3) is 0.231. The summed E-state index contributed by atoms with van der Waals surface area (Å²) in [4.78, 5) is 43.6. The Balaban J connectivity index is 1.89. The molecule has 0 aliphatic heterocycles. The van der Waals surface area contributed by atoms with Gasteiger partial charge in [0.25, 0.3) is 22.7 Å². The number of hydrogen-bond acceptors (Lipinski definition) is 9. The Morgan fingerprint density at radius 2 is 1.21 bits per heavy atom. The minimum atomic E-state index is -0.865. The Labute approximate surface area is 220 Å². The second-order valence-corrected chi connectivity index (χ2v) is 8.84. The monoisotopic (exact) mass is 534 g/mol. The molecule has 4 rings (SSSR count). The number of non-ortho nitro benzene ring substituents is 2. The fourth-order valence-corrected chi connectivity index (χ4v) is 4.52. The number of unbranched alkanes of at least 4 members (excludes halogenated alkanes) is 3. The van der Waals surface area contributed by atoms with Crippen molar-refractivity contribution >= 4 is 34.4 Å². The van der Waals surface area contributed by atoms with Gasteiger partial charge in [-0.3, -0.25) is 40.5 Å². The molecule has 0 amide bonds. The van der Waals surface area contributed by atoms with E-state index < -0.39 is 42.4 Å². The minimum Gasteiger partial charge on any atom is -0.494 e. The van der Waals surface area contributed by atoms with Crippen LogP contribution in [0.1, 0.15) is 49.3 Å². The van der Waals surface area contributed by atoms with Gasteiger partial charge in [0, 0.05) is 23.3 Å². The normalized spacial score (nSPS) is 11.5. The third-order valence-electron chi connectivity index (χ3n) is 6.31. The number of nitrogens with zero attached hydrogens (tertiary/aromatic N) is 4. The van der Waals surface area contributed by atoms with Gasteiger partial charge in [0.05, 0.1) is 49.6 Å². The molecule has 39 heavy (non-hydrogen) atoms. The van der Waals surface area contributed by atoms with Crippen LogP contribution in [-0.2, 0) is 0 Å². The lowest BCUT2D eigenvalue weighted by molar-refractivity contribution is -0.395. The highest BCUT2D eigenvalue weighted by Gasteiger charge is 2.40. The summed E-state index contributed by atoms with van der Waals surface area (Å²) in [5.41, 5.74) is -2.36. The second kappa shape index (κ2) is 11.0. The Bertz CT molecular complexity index is 1450. The van der Waals surface area contributed by atoms with Gasteiger partial charge in [0.1, 0.15) is 5.75 Å². The van der Waals surface area contributed by atoms with Gasteiger partial charge < -0.3 is 4.74 Å². The predicted octanol–water partition coefficient (Wildman–Crippen LogP) is 6.85. The standard InChI is InChI=1S/C26H22N4O9/c1-2-3-4-5-10-39-19-8-6-16(7-9-19)11-20-21-12-17(27(31)32)14-23(29(35)36)25(21)26-22(20)13-18(28(33)34)15-24(26)30(37)38/h6-9,11-15H,2-5,10H2,1H3. The van der Waals surface area contributed by atoms with Crippen LogP contribution in [0.15, 0.2) is 48.5 Å². The van der Waals surface area contributed by atoms with Crippen molar-refractivity contribution in [2.45, 2.75) is 32.6 Å². The van der Waals surface area contributed by atoms with Crippen molar-refractivity contribution in [1.82, 2.24) is 0 Å². The number of nitro benzene ring substituents is 4. The quantitative estimate of drug-likeness (QED) is 0.113. The Kier molecular flexibility index (Phi) is 7.60. The summed E-state index contributed by atoms with van der Waals surface area (Å²) in [6.45, 7) is 2.66. The summed E-state index contributed by atoms with van der Waals surface area (Å²) >= 11 is 0. The van der Waals surface area contributed by atoms with Crippen LogP contribution >= 0.6 is 0 Å². The summed E-state index contributed by atoms with van der Waals surface area (Å²) in [5.74, 6) is 0.610. The molecule has 13 nitrogen and oxygen atoms in total. The van der Waals surface area contributed by atoms with Crippen LogP contribution in [-0.4, -0.2) is 26.3 Å². The predicted molar refractivity (Wildman–Crippen MR) is 142 cm³/mol. The fourth-order valence-electron chi connectivity index (χ4n) is 4.52. The molecule has 3 aromatic carbocycles. The Morgan fingerprint density at radius 1 is 0.692 bits per heavy atom. The number of nitro groups is 4. The lowest BCUT2D eigenvalue weighted by atomic mass is 10.00. The molecular formula is C26H22N4O9. The first-order valence-corrected chi connectivity index (χ1v) is 12.0. The largest absolute Gasteiger partial charge is 0.494 e. The van der Waals surface area contributed by atoms with Crippen LogP contribution in [0.2, 0.25) is 0 Å². The Hall–Kier alpha value is -5.20. The molecular weight excluding hydrogens is 512 g/mol. The molecule has 200 valence electrons. The molecule has 0 aromatic heterocycles. The van der Waals surface area contributed by atoms with Gasteiger partial charge in [-0.15, -0.1) is 0 Å². The van der Waals surface area contributed by atoms with Crippen molar-refractivity contribution in [1.29, 1.82) is 0 Å². The molecule has 0 N–H and O–H groups in total. The second-order valence-electron chi connectivity index (χ2n) is 8.84. The van der Waals surface area contributed by atoms with E-state index in [-0.39, 0.29) is 27.8 Å². The van der Waals surface area contributed by atoms with Crippen LogP contribution in [0.25, 0.3) is 22.8 Å². The van der Waals surface area contributed by atoms with Gasteiger partial charge in [-0.2, -0.15) is 0 Å². The van der Waals surface area contributed by atoms with Gasteiger partial charge in [0.15, 0.2) is 0 Å². The number of rotatable bonds is 11. The van der Waals surface area contributed by atoms with Crippen LogP contribution in [0, 0.1) is 40.5 Å². The maximum atomic E-state index is 11.9. The highest BCUT2D eigenvalue weighted by molar-refractivity contribution is 6.12. The smallest absolute Gasteiger partial charge is 0.284 e. The van der Waals surface area contributed by atoms with E-state index in [4.69, 9.17) is 4.74 Å². The molecule has 0 radical (unpaired) electrons. The van der Waals surface area contributed by atoms with Crippen molar-refractivity contribution in [3.8, 4) is 16.9 Å². The first-order valence-electron chi connectivity index (χ1n) is 12.0. The van der Waals surface area contributed by atoms with Crippen LogP contribution in [0.3, 0.4) is 0 Å². The van der Waals surface area contributed by atoms with E-state index in [2.05, 4.69) is 6.92 Å². The van der Waals surface area contributed by atoms with Crippen LogP contribution in [0.4, 0.5) is 22.7 Å². The molecule has 3 aromatic rings. The molecule has 13 heteroatoms. The summed E-state index contributed by atoms with van der Waals surface area (Å²) < 4.78 is 5.74. The highest BCUT2D eigenvalue weighted by Crippen LogP contribution is 2.54. The summed E-state index contributed by atoms with van der Waals surface area (Å²) in [7, 11) is 0. The maximum Gasteiger partial charge on any atom is 0.284 e. The molecule has 0 unspecified atom stereocenters. The SMILES string of the molecule is CCCCCCOc1ccc(C=C2c3cc([N+](=O)[O-])cc([N+](=O)[O-])c3-c3c2cc([N+](=O)[O-])cc3[N+](=O)[O-])cc1. The van der Waals surface area contributed by atoms with E-state index >= 15 is 0 Å². The molecule has 0 saturated heterocycles. The Morgan fingerprint density at radius 3 is 1.64 bits per heavy atom. The zero-order valence-electron chi connectivity index (χ0n) is 20.7. The van der Waals surface area contributed by atoms with Crippen molar-refractivity contribution in [2.75, 3.05) is 6.61 Å². The van der Waals surface area contributed by atoms with Crippen molar-refractivity contribution in [3.05, 3.63) is 106 Å². The summed E-state index contributed by atoms with van der Waals surface area (Å²) in [5, 5.41) is 47.0. The molecule has 0 heterocycles. The van der Waals surface area contributed by atoms with E-state index in [1.807, 2.05) is 0 Å². The van der Waals surface area contributed by atoms with Gasteiger partial charge in [-0.25, -0.2) is 0 Å². The van der Waals surface area contributed by atoms with Gasteiger partial charge in [-0.1, -0.05) is 38.3 Å². The topological polar surface area (TPSA) is 182 Å². The van der Waals surface area contributed by atoms with Crippen molar-refractivity contribution in [3.63, 3.8) is 0 Å². The molecule has 1 aliphatic rings. The number of ether oxygens (including phenoxy) is 1. The molecule has 0 atom stereocenters. The van der Waals surface area contributed by atoms with Gasteiger partial charge in [0.2, 0.25) is 0 Å². The molecule has 1 aliphatic carbocycles. The summed E-state index contributed by atoms with van der Waals surface area (Å²) in [6, 6.07) is 10.4. The highest BCUT2D eigenvalue weighted by atomic mass is 16.6. The van der Waals surface area contributed by atoms with Crippen LogP contribution < -0.4 is 4.74 Å². The first-order chi connectivity index (χ1) is 18.6. The van der Waals surface area contributed by atoms with Crippen molar-refractivity contribution in [2.24, 2.45) is 0 Å². The molecule has 0 spiro atoms. The van der Waals surface area contributed by atoms with Crippen molar-refractivity contribution < 1.29 is 24.4 Å². The van der Waals surface area contributed by atoms with Gasteiger partial charge >= 0.3 is 0 Å².